The van der Waals surface area contributed by atoms with E-state index in [1.165, 1.54) is 18.3 Å². The fourth-order valence-electron chi connectivity index (χ4n) is 2.91. The highest BCUT2D eigenvalue weighted by atomic mass is 32.2. The third kappa shape index (κ3) is 4.17. The van der Waals surface area contributed by atoms with E-state index in [4.69, 9.17) is 9.47 Å². The molecule has 0 radical (unpaired) electrons. The number of nitrogens with zero attached hydrogens (tertiary/aromatic N) is 3. The van der Waals surface area contributed by atoms with E-state index >= 15 is 0 Å². The van der Waals surface area contributed by atoms with Gasteiger partial charge in [0, 0.05) is 24.1 Å². The molecule has 0 aliphatic heterocycles. The van der Waals surface area contributed by atoms with Crippen molar-refractivity contribution in [1.29, 1.82) is 0 Å². The van der Waals surface area contributed by atoms with Gasteiger partial charge in [-0.05, 0) is 37.3 Å². The molecule has 0 saturated carbocycles. The SMILES string of the molecule is CCOc1ccc(S(C)(=O)=O)cc1-c1n[nH]c2nc(Oc3ccc(F)cc3F)ncc12. The minimum Gasteiger partial charge on any atom is -0.493 e. The number of benzene rings is 2. The van der Waals surface area contributed by atoms with Crippen LogP contribution in [-0.2, 0) is 9.84 Å². The Labute approximate surface area is 175 Å². The van der Waals surface area contributed by atoms with E-state index < -0.39 is 21.5 Å². The molecule has 2 heterocycles. The Morgan fingerprint density at radius 2 is 1.87 bits per heavy atom. The number of aromatic nitrogens is 4. The molecule has 4 aromatic rings. The Bertz CT molecular complexity index is 1390. The second kappa shape index (κ2) is 7.91. The van der Waals surface area contributed by atoms with Crippen molar-refractivity contribution in [3.63, 3.8) is 0 Å². The van der Waals surface area contributed by atoms with Crippen molar-refractivity contribution in [2.75, 3.05) is 12.9 Å². The number of hydrogen-bond acceptors (Lipinski definition) is 7. The van der Waals surface area contributed by atoms with Gasteiger partial charge in [-0.1, -0.05) is 0 Å². The molecule has 31 heavy (non-hydrogen) atoms. The van der Waals surface area contributed by atoms with E-state index in [1.54, 1.807) is 13.0 Å². The van der Waals surface area contributed by atoms with Gasteiger partial charge in [0.2, 0.25) is 0 Å². The number of halogens is 2. The maximum absolute atomic E-state index is 13.8. The van der Waals surface area contributed by atoms with E-state index in [2.05, 4.69) is 20.2 Å². The smallest absolute Gasteiger partial charge is 0.324 e. The number of ether oxygens (including phenoxy) is 2. The highest BCUT2D eigenvalue weighted by molar-refractivity contribution is 7.90. The lowest BCUT2D eigenvalue weighted by atomic mass is 10.1. The highest BCUT2D eigenvalue weighted by Gasteiger charge is 2.19. The van der Waals surface area contributed by atoms with Crippen LogP contribution in [0, 0.1) is 11.6 Å². The first-order valence-corrected chi connectivity index (χ1v) is 11.0. The lowest BCUT2D eigenvalue weighted by Gasteiger charge is -2.10. The first-order valence-electron chi connectivity index (χ1n) is 9.07. The molecule has 1 N–H and O–H groups in total. The van der Waals surface area contributed by atoms with Gasteiger partial charge < -0.3 is 9.47 Å². The van der Waals surface area contributed by atoms with E-state index in [9.17, 15) is 17.2 Å². The van der Waals surface area contributed by atoms with Gasteiger partial charge in [-0.25, -0.2) is 22.2 Å². The first-order chi connectivity index (χ1) is 14.8. The summed E-state index contributed by atoms with van der Waals surface area (Å²) in [6, 6.07) is 7.17. The first kappa shape index (κ1) is 20.7. The molecule has 0 atom stereocenters. The number of H-pyrrole nitrogens is 1. The summed E-state index contributed by atoms with van der Waals surface area (Å²) in [4.78, 5) is 8.32. The largest absolute Gasteiger partial charge is 0.493 e. The third-order valence-electron chi connectivity index (χ3n) is 4.32. The molecular formula is C20H16F2N4O4S. The standard InChI is InChI=1S/C20H16F2N4O4S/c1-3-29-16-7-5-12(31(2,27)28)9-13(16)18-14-10-23-20(24-19(14)26-25-18)30-17-6-4-11(21)8-15(17)22/h4-10H,3H2,1-2H3,(H,23,24,25,26). The fraction of sp³-hybridized carbons (Fsp3) is 0.150. The van der Waals surface area contributed by atoms with Crippen LogP contribution in [0.4, 0.5) is 8.78 Å². The quantitative estimate of drug-likeness (QED) is 0.479. The van der Waals surface area contributed by atoms with Crippen LogP contribution >= 0.6 is 0 Å². The van der Waals surface area contributed by atoms with Gasteiger partial charge in [-0.3, -0.25) is 5.10 Å². The lowest BCUT2D eigenvalue weighted by Crippen LogP contribution is -2.00. The molecule has 2 aromatic heterocycles. The van der Waals surface area contributed by atoms with E-state index in [0.29, 0.717) is 35.1 Å². The molecule has 0 spiro atoms. The van der Waals surface area contributed by atoms with Gasteiger partial charge in [0.25, 0.3) is 0 Å². The van der Waals surface area contributed by atoms with Crippen LogP contribution in [-0.4, -0.2) is 41.4 Å². The molecule has 2 aromatic carbocycles. The van der Waals surface area contributed by atoms with E-state index in [-0.39, 0.29) is 22.3 Å². The summed E-state index contributed by atoms with van der Waals surface area (Å²) in [7, 11) is -3.46. The molecule has 160 valence electrons. The molecule has 0 saturated heterocycles. The molecule has 0 aliphatic rings. The van der Waals surface area contributed by atoms with Crippen LogP contribution in [0.1, 0.15) is 6.92 Å². The Kier molecular flexibility index (Phi) is 5.27. The minimum atomic E-state index is -3.46. The molecule has 0 aliphatic carbocycles. The number of sulfone groups is 1. The lowest BCUT2D eigenvalue weighted by molar-refractivity contribution is 0.341. The maximum Gasteiger partial charge on any atom is 0.324 e. The minimum absolute atomic E-state index is 0.106. The number of hydrogen-bond donors (Lipinski definition) is 1. The zero-order chi connectivity index (χ0) is 22.2. The second-order valence-corrected chi connectivity index (χ2v) is 8.54. The van der Waals surface area contributed by atoms with Crippen molar-refractivity contribution in [2.45, 2.75) is 11.8 Å². The van der Waals surface area contributed by atoms with Crippen LogP contribution in [0.15, 0.2) is 47.5 Å². The second-order valence-electron chi connectivity index (χ2n) is 6.53. The summed E-state index contributed by atoms with van der Waals surface area (Å²) in [5, 5.41) is 7.42. The Balaban J connectivity index is 1.76. The van der Waals surface area contributed by atoms with E-state index in [0.717, 1.165) is 18.4 Å². The summed E-state index contributed by atoms with van der Waals surface area (Å²) in [6.07, 6.45) is 2.51. The van der Waals surface area contributed by atoms with Crippen molar-refractivity contribution in [2.24, 2.45) is 0 Å². The van der Waals surface area contributed by atoms with Gasteiger partial charge >= 0.3 is 6.01 Å². The van der Waals surface area contributed by atoms with Crippen LogP contribution in [0.5, 0.6) is 17.5 Å². The predicted octanol–water partition coefficient (Wildman–Crippen LogP) is 3.89. The number of fused-ring (bicyclic) bond motifs is 1. The van der Waals surface area contributed by atoms with Gasteiger partial charge in [0.05, 0.1) is 16.9 Å². The zero-order valence-electron chi connectivity index (χ0n) is 16.4. The summed E-state index contributed by atoms with van der Waals surface area (Å²) >= 11 is 0. The van der Waals surface area contributed by atoms with Crippen LogP contribution in [0.25, 0.3) is 22.3 Å². The van der Waals surface area contributed by atoms with Crippen molar-refractivity contribution >= 4 is 20.9 Å². The molecule has 11 heteroatoms. The summed E-state index contributed by atoms with van der Waals surface area (Å²) < 4.78 is 61.8. The topological polar surface area (TPSA) is 107 Å². The molecule has 0 fully saturated rings. The average Bonchev–Trinajstić information content (AvgIpc) is 3.13. The number of aromatic amines is 1. The van der Waals surface area contributed by atoms with Gasteiger partial charge in [-0.2, -0.15) is 10.1 Å². The van der Waals surface area contributed by atoms with Crippen molar-refractivity contribution in [3.8, 4) is 28.8 Å². The molecule has 4 rings (SSSR count). The molecule has 0 bridgehead atoms. The average molecular weight is 446 g/mol. The van der Waals surface area contributed by atoms with Gasteiger partial charge in [0.15, 0.2) is 27.1 Å². The normalized spacial score (nSPS) is 11.6. The Hall–Kier alpha value is -3.60. The van der Waals surface area contributed by atoms with E-state index in [1.807, 2.05) is 0 Å². The molecular weight excluding hydrogens is 430 g/mol. The summed E-state index contributed by atoms with van der Waals surface area (Å²) in [5.41, 5.74) is 1.09. The van der Waals surface area contributed by atoms with Crippen molar-refractivity contribution in [1.82, 2.24) is 20.2 Å². The molecule has 8 nitrogen and oxygen atoms in total. The zero-order valence-corrected chi connectivity index (χ0v) is 17.2. The van der Waals surface area contributed by atoms with Crippen molar-refractivity contribution in [3.05, 3.63) is 54.2 Å². The van der Waals surface area contributed by atoms with Crippen molar-refractivity contribution < 1.29 is 26.7 Å². The van der Waals surface area contributed by atoms with Crippen LogP contribution in [0.2, 0.25) is 0 Å². The monoisotopic (exact) mass is 446 g/mol. The summed E-state index contributed by atoms with van der Waals surface area (Å²) in [5.74, 6) is -1.43. The maximum atomic E-state index is 13.8. The molecule has 0 amide bonds. The summed E-state index contributed by atoms with van der Waals surface area (Å²) in [6.45, 7) is 2.17. The van der Waals surface area contributed by atoms with Crippen LogP contribution < -0.4 is 9.47 Å². The fourth-order valence-corrected chi connectivity index (χ4v) is 3.56. The Morgan fingerprint density at radius 1 is 1.10 bits per heavy atom. The highest BCUT2D eigenvalue weighted by Crippen LogP contribution is 2.35. The third-order valence-corrected chi connectivity index (χ3v) is 5.43. The Morgan fingerprint density at radius 3 is 2.58 bits per heavy atom. The van der Waals surface area contributed by atoms with Crippen LogP contribution in [0.3, 0.4) is 0 Å². The van der Waals surface area contributed by atoms with Gasteiger partial charge in [0.1, 0.15) is 17.3 Å². The van der Waals surface area contributed by atoms with Gasteiger partial charge in [-0.15, -0.1) is 0 Å². The molecule has 0 unspecified atom stereocenters. The predicted molar refractivity (Wildman–Crippen MR) is 108 cm³/mol. The number of rotatable bonds is 6. The number of nitrogens with one attached hydrogen (secondary N) is 1.